The summed E-state index contributed by atoms with van der Waals surface area (Å²) < 4.78 is 7.31. The van der Waals surface area contributed by atoms with Gasteiger partial charge in [-0.15, -0.1) is 0 Å². The zero-order valence-corrected chi connectivity index (χ0v) is 11.5. The molecule has 5 heteroatoms. The standard InChI is InChI=1S/C14H20N4O/c1-9-5-3-4-6-11(9)18-13-10(16-14(18)15)7-8-12(17-13)19-2/h7-9,11H,3-6H2,1-2H3,(H2,15,16). The van der Waals surface area contributed by atoms with Crippen molar-refractivity contribution in [1.82, 2.24) is 14.5 Å². The van der Waals surface area contributed by atoms with E-state index in [0.717, 1.165) is 17.6 Å². The molecule has 1 aliphatic carbocycles. The third-order valence-electron chi connectivity index (χ3n) is 4.15. The molecule has 0 aromatic carbocycles. The minimum atomic E-state index is 0.401. The van der Waals surface area contributed by atoms with E-state index in [2.05, 4.69) is 21.5 Å². The van der Waals surface area contributed by atoms with E-state index in [0.29, 0.717) is 23.8 Å². The lowest BCUT2D eigenvalue weighted by Crippen LogP contribution is -2.22. The summed E-state index contributed by atoms with van der Waals surface area (Å²) in [6.45, 7) is 2.29. The highest BCUT2D eigenvalue weighted by Gasteiger charge is 2.26. The van der Waals surface area contributed by atoms with Crippen molar-refractivity contribution < 1.29 is 4.74 Å². The van der Waals surface area contributed by atoms with Gasteiger partial charge in [-0.25, -0.2) is 4.98 Å². The molecule has 2 heterocycles. The van der Waals surface area contributed by atoms with Gasteiger partial charge in [0, 0.05) is 12.1 Å². The fourth-order valence-electron chi connectivity index (χ4n) is 3.09. The Hall–Kier alpha value is -1.78. The van der Waals surface area contributed by atoms with Crippen LogP contribution in [0.25, 0.3) is 11.2 Å². The van der Waals surface area contributed by atoms with Crippen molar-refractivity contribution in [3.8, 4) is 5.88 Å². The molecule has 1 saturated carbocycles. The first kappa shape index (κ1) is 12.3. The van der Waals surface area contributed by atoms with E-state index in [1.807, 2.05) is 12.1 Å². The van der Waals surface area contributed by atoms with Gasteiger partial charge in [0.1, 0.15) is 5.52 Å². The molecule has 2 N–H and O–H groups in total. The monoisotopic (exact) mass is 260 g/mol. The zero-order valence-electron chi connectivity index (χ0n) is 11.5. The molecule has 19 heavy (non-hydrogen) atoms. The SMILES string of the molecule is COc1ccc2nc(N)n(C3CCCCC3C)c2n1. The number of hydrogen-bond donors (Lipinski definition) is 1. The van der Waals surface area contributed by atoms with Crippen LogP contribution in [0, 0.1) is 5.92 Å². The number of ether oxygens (including phenoxy) is 1. The van der Waals surface area contributed by atoms with Crippen molar-refractivity contribution >= 4 is 17.1 Å². The van der Waals surface area contributed by atoms with Gasteiger partial charge < -0.3 is 10.5 Å². The van der Waals surface area contributed by atoms with Gasteiger partial charge in [-0.3, -0.25) is 4.57 Å². The minimum absolute atomic E-state index is 0.401. The third-order valence-corrected chi connectivity index (χ3v) is 4.15. The number of rotatable bonds is 2. The number of nitrogen functional groups attached to an aromatic ring is 1. The molecule has 2 unspecified atom stereocenters. The second kappa shape index (κ2) is 4.72. The van der Waals surface area contributed by atoms with Gasteiger partial charge in [0.2, 0.25) is 11.8 Å². The molecule has 1 aliphatic rings. The van der Waals surface area contributed by atoms with Crippen molar-refractivity contribution in [2.75, 3.05) is 12.8 Å². The highest BCUT2D eigenvalue weighted by molar-refractivity contribution is 5.75. The lowest BCUT2D eigenvalue weighted by molar-refractivity contribution is 0.263. The summed E-state index contributed by atoms with van der Waals surface area (Å²) in [5, 5.41) is 0. The van der Waals surface area contributed by atoms with Crippen LogP contribution in [-0.4, -0.2) is 21.6 Å². The van der Waals surface area contributed by atoms with E-state index in [-0.39, 0.29) is 0 Å². The largest absolute Gasteiger partial charge is 0.481 e. The average Bonchev–Trinajstić information content (AvgIpc) is 2.74. The fourth-order valence-corrected chi connectivity index (χ4v) is 3.09. The van der Waals surface area contributed by atoms with Crippen LogP contribution in [0.4, 0.5) is 5.95 Å². The Balaban J connectivity index is 2.12. The molecular weight excluding hydrogens is 240 g/mol. The summed E-state index contributed by atoms with van der Waals surface area (Å²) in [5.74, 6) is 1.79. The van der Waals surface area contributed by atoms with Gasteiger partial charge in [-0.1, -0.05) is 19.8 Å². The van der Waals surface area contributed by atoms with Crippen molar-refractivity contribution in [1.29, 1.82) is 0 Å². The second-order valence-corrected chi connectivity index (χ2v) is 5.37. The van der Waals surface area contributed by atoms with Crippen molar-refractivity contribution in [2.24, 2.45) is 5.92 Å². The molecule has 2 aromatic heterocycles. The molecule has 0 radical (unpaired) electrons. The Labute approximate surface area is 112 Å². The summed E-state index contributed by atoms with van der Waals surface area (Å²) >= 11 is 0. The molecule has 0 bridgehead atoms. The van der Waals surface area contributed by atoms with Crippen molar-refractivity contribution in [2.45, 2.75) is 38.6 Å². The Morgan fingerprint density at radius 1 is 1.26 bits per heavy atom. The maximum Gasteiger partial charge on any atom is 0.215 e. The van der Waals surface area contributed by atoms with Crippen LogP contribution < -0.4 is 10.5 Å². The number of anilines is 1. The number of imidazole rings is 1. The molecular formula is C14H20N4O. The highest BCUT2D eigenvalue weighted by atomic mass is 16.5. The lowest BCUT2D eigenvalue weighted by Gasteiger charge is -2.30. The van der Waals surface area contributed by atoms with Crippen LogP contribution in [0.15, 0.2) is 12.1 Å². The molecule has 0 spiro atoms. The molecule has 1 fully saturated rings. The van der Waals surface area contributed by atoms with E-state index in [1.165, 1.54) is 19.3 Å². The topological polar surface area (TPSA) is 66.0 Å². The highest BCUT2D eigenvalue weighted by Crippen LogP contribution is 2.37. The number of hydrogen-bond acceptors (Lipinski definition) is 4. The van der Waals surface area contributed by atoms with Gasteiger partial charge in [-0.2, -0.15) is 4.98 Å². The third kappa shape index (κ3) is 2.03. The van der Waals surface area contributed by atoms with Gasteiger partial charge in [0.25, 0.3) is 0 Å². The van der Waals surface area contributed by atoms with Crippen LogP contribution in [0.5, 0.6) is 5.88 Å². The Morgan fingerprint density at radius 3 is 2.79 bits per heavy atom. The number of fused-ring (bicyclic) bond motifs is 1. The summed E-state index contributed by atoms with van der Waals surface area (Å²) in [6.07, 6.45) is 4.95. The molecule has 3 rings (SSSR count). The molecule has 2 aromatic rings. The summed E-state index contributed by atoms with van der Waals surface area (Å²) in [5.41, 5.74) is 7.80. The molecule has 0 amide bonds. The van der Waals surface area contributed by atoms with Gasteiger partial charge in [0.05, 0.1) is 7.11 Å². The van der Waals surface area contributed by atoms with Crippen LogP contribution >= 0.6 is 0 Å². The smallest absolute Gasteiger partial charge is 0.215 e. The Morgan fingerprint density at radius 2 is 2.05 bits per heavy atom. The van der Waals surface area contributed by atoms with Gasteiger partial charge in [-0.05, 0) is 24.8 Å². The first-order chi connectivity index (χ1) is 9.20. The maximum atomic E-state index is 6.11. The number of nitrogens with two attached hydrogens (primary N) is 1. The van der Waals surface area contributed by atoms with Crippen LogP contribution in [-0.2, 0) is 0 Å². The van der Waals surface area contributed by atoms with Gasteiger partial charge >= 0.3 is 0 Å². The number of methoxy groups -OCH3 is 1. The Kier molecular flexibility index (Phi) is 3.05. The lowest BCUT2D eigenvalue weighted by atomic mass is 9.86. The van der Waals surface area contributed by atoms with Gasteiger partial charge in [0.15, 0.2) is 5.65 Å². The number of pyridine rings is 1. The zero-order chi connectivity index (χ0) is 13.4. The maximum absolute atomic E-state index is 6.11. The summed E-state index contributed by atoms with van der Waals surface area (Å²) in [6, 6.07) is 4.14. The van der Waals surface area contributed by atoms with E-state index in [1.54, 1.807) is 7.11 Å². The fraction of sp³-hybridized carbons (Fsp3) is 0.571. The molecule has 102 valence electrons. The van der Waals surface area contributed by atoms with Crippen molar-refractivity contribution in [3.05, 3.63) is 12.1 Å². The molecule has 0 aliphatic heterocycles. The molecule has 0 saturated heterocycles. The van der Waals surface area contributed by atoms with Crippen LogP contribution in [0.1, 0.15) is 38.6 Å². The minimum Gasteiger partial charge on any atom is -0.481 e. The number of aromatic nitrogens is 3. The van der Waals surface area contributed by atoms with E-state index in [4.69, 9.17) is 10.5 Å². The van der Waals surface area contributed by atoms with Crippen LogP contribution in [0.2, 0.25) is 0 Å². The first-order valence-corrected chi connectivity index (χ1v) is 6.89. The first-order valence-electron chi connectivity index (χ1n) is 6.89. The van der Waals surface area contributed by atoms with Crippen molar-refractivity contribution in [3.63, 3.8) is 0 Å². The second-order valence-electron chi connectivity index (χ2n) is 5.37. The molecule has 5 nitrogen and oxygen atoms in total. The summed E-state index contributed by atoms with van der Waals surface area (Å²) in [7, 11) is 1.63. The normalized spacial score (nSPS) is 23.7. The predicted molar refractivity (Wildman–Crippen MR) is 75.2 cm³/mol. The van der Waals surface area contributed by atoms with E-state index >= 15 is 0 Å². The predicted octanol–water partition coefficient (Wildman–Crippen LogP) is 2.77. The summed E-state index contributed by atoms with van der Waals surface area (Å²) in [4.78, 5) is 8.94. The van der Waals surface area contributed by atoms with E-state index in [9.17, 15) is 0 Å². The Bertz CT molecular complexity index is 592. The van der Waals surface area contributed by atoms with Crippen LogP contribution in [0.3, 0.4) is 0 Å². The number of nitrogens with zero attached hydrogens (tertiary/aromatic N) is 3. The molecule has 2 atom stereocenters. The average molecular weight is 260 g/mol. The quantitative estimate of drug-likeness (QED) is 0.901. The van der Waals surface area contributed by atoms with E-state index < -0.39 is 0 Å².